The third-order valence-corrected chi connectivity index (χ3v) is 4.01. The lowest BCUT2D eigenvalue weighted by molar-refractivity contribution is 0.291. The molecule has 3 heteroatoms. The Bertz CT molecular complexity index is 513. The van der Waals surface area contributed by atoms with Gasteiger partial charge in [0.1, 0.15) is 0 Å². The number of hydrogen-bond acceptors (Lipinski definition) is 2. The summed E-state index contributed by atoms with van der Waals surface area (Å²) in [5.41, 5.74) is 2.53. The van der Waals surface area contributed by atoms with Crippen LogP contribution in [0.4, 0.5) is 5.69 Å². The molecule has 2 nitrogen and oxygen atoms in total. The maximum Gasteiger partial charge on any atom is 0.0485 e. The van der Waals surface area contributed by atoms with Crippen LogP contribution in [0.5, 0.6) is 0 Å². The van der Waals surface area contributed by atoms with Crippen molar-refractivity contribution in [3.63, 3.8) is 0 Å². The maximum absolute atomic E-state index is 3.56. The topological polar surface area (TPSA) is 15.3 Å². The van der Waals surface area contributed by atoms with E-state index in [9.17, 15) is 0 Å². The van der Waals surface area contributed by atoms with Crippen molar-refractivity contribution in [2.45, 2.75) is 13.5 Å². The van der Waals surface area contributed by atoms with Gasteiger partial charge in [0.15, 0.2) is 0 Å². The standard InChI is InChI=1S/C17H21BrN2/c1-2-20(14-15-8-4-3-5-9-15)13-12-19-17-11-7-6-10-16(17)18/h3-11,19H,2,12-14H2,1H3. The summed E-state index contributed by atoms with van der Waals surface area (Å²) in [6, 6.07) is 18.9. The van der Waals surface area contributed by atoms with Crippen LogP contribution in [0, 0.1) is 0 Å². The van der Waals surface area contributed by atoms with Crippen molar-refractivity contribution < 1.29 is 0 Å². The van der Waals surface area contributed by atoms with Gasteiger partial charge in [-0.25, -0.2) is 0 Å². The van der Waals surface area contributed by atoms with Crippen molar-refractivity contribution in [1.29, 1.82) is 0 Å². The lowest BCUT2D eigenvalue weighted by Crippen LogP contribution is -2.28. The van der Waals surface area contributed by atoms with Crippen molar-refractivity contribution in [3.8, 4) is 0 Å². The summed E-state index contributed by atoms with van der Waals surface area (Å²) in [6.07, 6.45) is 0. The van der Waals surface area contributed by atoms with E-state index in [2.05, 4.69) is 81.6 Å². The highest BCUT2D eigenvalue weighted by atomic mass is 79.9. The third kappa shape index (κ3) is 4.66. The van der Waals surface area contributed by atoms with Gasteiger partial charge in [0.2, 0.25) is 0 Å². The fraction of sp³-hybridized carbons (Fsp3) is 0.294. The van der Waals surface area contributed by atoms with Crippen molar-refractivity contribution in [2.75, 3.05) is 25.0 Å². The van der Waals surface area contributed by atoms with E-state index < -0.39 is 0 Å². The van der Waals surface area contributed by atoms with Crippen LogP contribution < -0.4 is 5.32 Å². The Morgan fingerprint density at radius 3 is 2.40 bits per heavy atom. The molecule has 0 radical (unpaired) electrons. The van der Waals surface area contributed by atoms with Crippen LogP contribution in [0.25, 0.3) is 0 Å². The summed E-state index contributed by atoms with van der Waals surface area (Å²) in [6.45, 7) is 6.26. The number of rotatable bonds is 7. The van der Waals surface area contributed by atoms with Crippen molar-refractivity contribution in [2.24, 2.45) is 0 Å². The highest BCUT2D eigenvalue weighted by Gasteiger charge is 2.04. The molecule has 1 N–H and O–H groups in total. The number of hydrogen-bond donors (Lipinski definition) is 1. The minimum Gasteiger partial charge on any atom is -0.383 e. The van der Waals surface area contributed by atoms with Crippen LogP contribution in [0.15, 0.2) is 59.1 Å². The van der Waals surface area contributed by atoms with E-state index in [0.717, 1.165) is 36.3 Å². The van der Waals surface area contributed by atoms with Crippen molar-refractivity contribution >= 4 is 21.6 Å². The number of benzene rings is 2. The molecule has 0 bridgehead atoms. The Kier molecular flexibility index (Phi) is 6.09. The van der Waals surface area contributed by atoms with Crippen LogP contribution in [0.2, 0.25) is 0 Å². The minimum absolute atomic E-state index is 0.948. The fourth-order valence-corrected chi connectivity index (χ4v) is 2.57. The monoisotopic (exact) mass is 332 g/mol. The van der Waals surface area contributed by atoms with Gasteiger partial charge in [0.05, 0.1) is 0 Å². The summed E-state index contributed by atoms with van der Waals surface area (Å²) in [4.78, 5) is 2.44. The highest BCUT2D eigenvalue weighted by molar-refractivity contribution is 9.10. The molecular formula is C17H21BrN2. The van der Waals surface area contributed by atoms with Crippen LogP contribution in [-0.4, -0.2) is 24.5 Å². The second-order valence-corrected chi connectivity index (χ2v) is 5.62. The summed E-state index contributed by atoms with van der Waals surface area (Å²) in [5.74, 6) is 0. The molecule has 0 atom stereocenters. The first-order valence-corrected chi connectivity index (χ1v) is 7.83. The molecule has 0 saturated carbocycles. The fourth-order valence-electron chi connectivity index (χ4n) is 2.14. The van der Waals surface area contributed by atoms with Crippen LogP contribution in [0.3, 0.4) is 0 Å². The highest BCUT2D eigenvalue weighted by Crippen LogP contribution is 2.20. The smallest absolute Gasteiger partial charge is 0.0485 e. The van der Waals surface area contributed by atoms with Gasteiger partial charge in [-0.15, -0.1) is 0 Å². The number of para-hydroxylation sites is 1. The Labute approximate surface area is 129 Å². The van der Waals surface area contributed by atoms with E-state index in [1.807, 2.05) is 6.07 Å². The number of halogens is 1. The molecule has 2 aromatic carbocycles. The number of likely N-dealkylation sites (N-methyl/N-ethyl adjacent to an activating group) is 1. The van der Waals surface area contributed by atoms with E-state index in [1.54, 1.807) is 0 Å². The van der Waals surface area contributed by atoms with Crippen LogP contribution >= 0.6 is 15.9 Å². The van der Waals surface area contributed by atoms with Crippen LogP contribution in [-0.2, 0) is 6.54 Å². The Hall–Kier alpha value is -1.32. The Morgan fingerprint density at radius 1 is 1.00 bits per heavy atom. The van der Waals surface area contributed by atoms with Gasteiger partial charge >= 0.3 is 0 Å². The summed E-state index contributed by atoms with van der Waals surface area (Å²) >= 11 is 3.56. The summed E-state index contributed by atoms with van der Waals surface area (Å²) in [5, 5.41) is 3.47. The first-order valence-electron chi connectivity index (χ1n) is 7.04. The average molecular weight is 333 g/mol. The second kappa shape index (κ2) is 8.08. The minimum atomic E-state index is 0.948. The van der Waals surface area contributed by atoms with E-state index >= 15 is 0 Å². The van der Waals surface area contributed by atoms with Gasteiger partial charge in [0.25, 0.3) is 0 Å². The van der Waals surface area contributed by atoms with Gasteiger partial charge in [-0.1, -0.05) is 49.4 Å². The lowest BCUT2D eigenvalue weighted by Gasteiger charge is -2.21. The predicted octanol–water partition coefficient (Wildman–Crippen LogP) is 4.38. The van der Waals surface area contributed by atoms with Crippen molar-refractivity contribution in [1.82, 2.24) is 4.90 Å². The normalized spacial score (nSPS) is 10.8. The molecule has 0 heterocycles. The maximum atomic E-state index is 3.56. The Balaban J connectivity index is 1.81. The molecule has 0 aliphatic rings. The molecule has 20 heavy (non-hydrogen) atoms. The number of nitrogens with one attached hydrogen (secondary N) is 1. The Morgan fingerprint density at radius 2 is 1.70 bits per heavy atom. The first kappa shape index (κ1) is 15.1. The summed E-state index contributed by atoms with van der Waals surface area (Å²) in [7, 11) is 0. The molecule has 106 valence electrons. The van der Waals surface area contributed by atoms with Crippen molar-refractivity contribution in [3.05, 3.63) is 64.6 Å². The zero-order valence-corrected chi connectivity index (χ0v) is 13.4. The number of anilines is 1. The largest absolute Gasteiger partial charge is 0.383 e. The molecule has 0 unspecified atom stereocenters. The molecule has 0 aromatic heterocycles. The molecular weight excluding hydrogens is 312 g/mol. The molecule has 0 amide bonds. The van der Waals surface area contributed by atoms with Gasteiger partial charge in [0, 0.05) is 29.8 Å². The van der Waals surface area contributed by atoms with Gasteiger partial charge in [-0.2, -0.15) is 0 Å². The zero-order valence-electron chi connectivity index (χ0n) is 11.8. The lowest BCUT2D eigenvalue weighted by atomic mass is 10.2. The molecule has 2 rings (SSSR count). The first-order chi connectivity index (χ1) is 9.79. The van der Waals surface area contributed by atoms with Crippen LogP contribution in [0.1, 0.15) is 12.5 Å². The molecule has 0 fully saturated rings. The number of nitrogens with zero attached hydrogens (tertiary/aromatic N) is 1. The third-order valence-electron chi connectivity index (χ3n) is 3.31. The van der Waals surface area contributed by atoms with E-state index in [-0.39, 0.29) is 0 Å². The SMILES string of the molecule is CCN(CCNc1ccccc1Br)Cc1ccccc1. The van der Waals surface area contributed by atoms with Gasteiger partial charge < -0.3 is 5.32 Å². The van der Waals surface area contributed by atoms with E-state index in [4.69, 9.17) is 0 Å². The predicted molar refractivity (Wildman–Crippen MR) is 90.0 cm³/mol. The summed E-state index contributed by atoms with van der Waals surface area (Å²) < 4.78 is 1.12. The molecule has 0 saturated heterocycles. The van der Waals surface area contributed by atoms with Gasteiger partial charge in [-0.05, 0) is 40.2 Å². The zero-order chi connectivity index (χ0) is 14.2. The van der Waals surface area contributed by atoms with E-state index in [1.165, 1.54) is 5.56 Å². The second-order valence-electron chi connectivity index (χ2n) is 4.76. The molecule has 0 aliphatic heterocycles. The quantitative estimate of drug-likeness (QED) is 0.809. The average Bonchev–Trinajstić information content (AvgIpc) is 2.49. The molecule has 2 aromatic rings. The van der Waals surface area contributed by atoms with Gasteiger partial charge in [-0.3, -0.25) is 4.90 Å². The van der Waals surface area contributed by atoms with E-state index in [0.29, 0.717) is 0 Å². The molecule has 0 aliphatic carbocycles. The molecule has 0 spiro atoms.